The maximum atomic E-state index is 12.5. The zero-order valence-electron chi connectivity index (χ0n) is 16.7. The molecule has 1 heterocycles. The normalized spacial score (nSPS) is 10.7. The molecule has 7 heteroatoms. The number of hydrogen-bond acceptors (Lipinski definition) is 6. The first-order valence-electron chi connectivity index (χ1n) is 9.41. The molecule has 1 aromatic carbocycles. The molecule has 0 aliphatic heterocycles. The number of aromatic nitrogens is 2. The Morgan fingerprint density at radius 1 is 1.07 bits per heavy atom. The number of carbonyl (C=O) groups is 1. The lowest BCUT2D eigenvalue weighted by atomic mass is 10.2. The van der Waals surface area contributed by atoms with Crippen molar-refractivity contribution in [2.75, 3.05) is 55.8 Å². The highest BCUT2D eigenvalue weighted by molar-refractivity contribution is 6.03. The first-order chi connectivity index (χ1) is 13.0. The van der Waals surface area contributed by atoms with Crippen LogP contribution in [0.25, 0.3) is 0 Å². The molecule has 0 bridgehead atoms. The summed E-state index contributed by atoms with van der Waals surface area (Å²) in [5.41, 5.74) is 2.23. The highest BCUT2D eigenvalue weighted by Crippen LogP contribution is 2.18. The van der Waals surface area contributed by atoms with Crippen LogP contribution in [0.2, 0.25) is 0 Å². The van der Waals surface area contributed by atoms with Crippen molar-refractivity contribution >= 4 is 23.2 Å². The molecule has 1 aromatic heterocycles. The van der Waals surface area contributed by atoms with Crippen molar-refractivity contribution in [3.05, 3.63) is 42.2 Å². The van der Waals surface area contributed by atoms with E-state index in [1.54, 1.807) is 12.3 Å². The van der Waals surface area contributed by atoms with E-state index in [1.807, 2.05) is 38.4 Å². The van der Waals surface area contributed by atoms with Gasteiger partial charge in [-0.25, -0.2) is 9.97 Å². The lowest BCUT2D eigenvalue weighted by Gasteiger charge is -2.21. The van der Waals surface area contributed by atoms with Crippen molar-refractivity contribution in [3.8, 4) is 0 Å². The van der Waals surface area contributed by atoms with E-state index in [9.17, 15) is 4.79 Å². The monoisotopic (exact) mass is 370 g/mol. The second-order valence-electron chi connectivity index (χ2n) is 6.52. The number of benzene rings is 1. The number of nitrogens with zero attached hydrogens (tertiary/aromatic N) is 4. The molecule has 0 saturated carbocycles. The largest absolute Gasteiger partial charge is 0.372 e. The van der Waals surface area contributed by atoms with Gasteiger partial charge in [0.05, 0.1) is 0 Å². The minimum atomic E-state index is -0.246. The maximum absolute atomic E-state index is 12.5. The summed E-state index contributed by atoms with van der Waals surface area (Å²) in [4.78, 5) is 25.3. The van der Waals surface area contributed by atoms with E-state index in [-0.39, 0.29) is 5.91 Å². The molecule has 2 aromatic rings. The van der Waals surface area contributed by atoms with Crippen LogP contribution >= 0.6 is 0 Å². The van der Waals surface area contributed by atoms with Crippen LogP contribution in [0.1, 0.15) is 30.8 Å². The smallest absolute Gasteiger partial charge is 0.274 e. The van der Waals surface area contributed by atoms with E-state index in [4.69, 9.17) is 0 Å². The Balaban J connectivity index is 1.94. The topological polar surface area (TPSA) is 73.4 Å². The van der Waals surface area contributed by atoms with Gasteiger partial charge in [0.15, 0.2) is 0 Å². The molecule has 0 spiro atoms. The summed E-state index contributed by atoms with van der Waals surface area (Å²) in [6.07, 6.45) is 2.57. The molecule has 2 rings (SSSR count). The third-order valence-electron chi connectivity index (χ3n) is 4.21. The third kappa shape index (κ3) is 6.53. The number of anilines is 3. The molecule has 0 saturated heterocycles. The van der Waals surface area contributed by atoms with Crippen LogP contribution in [-0.4, -0.2) is 61.0 Å². The predicted molar refractivity (Wildman–Crippen MR) is 112 cm³/mol. The first kappa shape index (κ1) is 20.6. The van der Waals surface area contributed by atoms with Gasteiger partial charge in [-0.1, -0.05) is 0 Å². The van der Waals surface area contributed by atoms with Crippen LogP contribution in [0, 0.1) is 0 Å². The van der Waals surface area contributed by atoms with Gasteiger partial charge in [0.25, 0.3) is 5.91 Å². The minimum Gasteiger partial charge on any atom is -0.372 e. The molecule has 7 nitrogen and oxygen atoms in total. The molecule has 146 valence electrons. The van der Waals surface area contributed by atoms with Gasteiger partial charge >= 0.3 is 0 Å². The first-order valence-corrected chi connectivity index (χ1v) is 9.41. The average molecular weight is 371 g/mol. The summed E-state index contributed by atoms with van der Waals surface area (Å²) < 4.78 is 0. The second kappa shape index (κ2) is 10.5. The summed E-state index contributed by atoms with van der Waals surface area (Å²) >= 11 is 0. The van der Waals surface area contributed by atoms with Gasteiger partial charge in [-0.2, -0.15) is 0 Å². The third-order valence-corrected chi connectivity index (χ3v) is 4.21. The van der Waals surface area contributed by atoms with Gasteiger partial charge in [-0.3, -0.25) is 4.79 Å². The van der Waals surface area contributed by atoms with E-state index in [2.05, 4.69) is 44.2 Å². The second-order valence-corrected chi connectivity index (χ2v) is 6.52. The van der Waals surface area contributed by atoms with Gasteiger partial charge in [0.2, 0.25) is 5.95 Å². The van der Waals surface area contributed by atoms with Crippen LogP contribution < -0.4 is 15.5 Å². The van der Waals surface area contributed by atoms with Crippen molar-refractivity contribution in [1.29, 1.82) is 0 Å². The van der Waals surface area contributed by atoms with Crippen molar-refractivity contribution in [2.45, 2.75) is 20.3 Å². The molecule has 0 aliphatic carbocycles. The van der Waals surface area contributed by atoms with Gasteiger partial charge in [-0.15, -0.1) is 0 Å². The van der Waals surface area contributed by atoms with Crippen molar-refractivity contribution in [1.82, 2.24) is 14.9 Å². The Bertz CT molecular complexity index is 713. The SMILES string of the molecule is CCN(CC)c1ccc(NC(=O)c2ccnc(NCCCN(C)C)n2)cc1. The minimum absolute atomic E-state index is 0.246. The molecule has 27 heavy (non-hydrogen) atoms. The highest BCUT2D eigenvalue weighted by atomic mass is 16.1. The van der Waals surface area contributed by atoms with E-state index in [0.29, 0.717) is 11.6 Å². The Labute approximate surface area is 161 Å². The lowest BCUT2D eigenvalue weighted by Crippen LogP contribution is -2.21. The number of nitrogens with one attached hydrogen (secondary N) is 2. The fourth-order valence-electron chi connectivity index (χ4n) is 2.71. The lowest BCUT2D eigenvalue weighted by molar-refractivity contribution is 0.102. The maximum Gasteiger partial charge on any atom is 0.274 e. The van der Waals surface area contributed by atoms with Gasteiger partial charge in [-0.05, 0) is 71.2 Å². The molecule has 2 N–H and O–H groups in total. The fourth-order valence-corrected chi connectivity index (χ4v) is 2.71. The number of hydrogen-bond donors (Lipinski definition) is 2. The quantitative estimate of drug-likeness (QED) is 0.627. The van der Waals surface area contributed by atoms with Crippen molar-refractivity contribution in [2.24, 2.45) is 0 Å². The van der Waals surface area contributed by atoms with E-state index in [0.717, 1.165) is 44.0 Å². The average Bonchev–Trinajstić information content (AvgIpc) is 2.67. The van der Waals surface area contributed by atoms with E-state index >= 15 is 0 Å². The number of amides is 1. The Morgan fingerprint density at radius 3 is 2.41 bits per heavy atom. The Kier molecular flexibility index (Phi) is 8.00. The summed E-state index contributed by atoms with van der Waals surface area (Å²) in [5.74, 6) is 0.225. The van der Waals surface area contributed by atoms with E-state index < -0.39 is 0 Å². The zero-order valence-corrected chi connectivity index (χ0v) is 16.7. The summed E-state index contributed by atoms with van der Waals surface area (Å²) in [6.45, 7) is 7.90. The van der Waals surface area contributed by atoms with Crippen LogP contribution in [0.4, 0.5) is 17.3 Å². The molecular formula is C20H30N6O. The van der Waals surface area contributed by atoms with Crippen LogP contribution in [0.5, 0.6) is 0 Å². The van der Waals surface area contributed by atoms with Crippen molar-refractivity contribution in [3.63, 3.8) is 0 Å². The molecule has 0 atom stereocenters. The van der Waals surface area contributed by atoms with Crippen LogP contribution in [0.3, 0.4) is 0 Å². The standard InChI is InChI=1S/C20H30N6O/c1-5-26(6-2)17-10-8-16(9-11-17)23-19(27)18-12-14-22-20(24-18)21-13-7-15-25(3)4/h8-12,14H,5-7,13,15H2,1-4H3,(H,23,27)(H,21,22,24). The molecule has 1 amide bonds. The molecule has 0 radical (unpaired) electrons. The van der Waals surface area contributed by atoms with Crippen molar-refractivity contribution < 1.29 is 4.79 Å². The summed E-state index contributed by atoms with van der Waals surface area (Å²) in [6, 6.07) is 9.46. The Hall–Kier alpha value is -2.67. The van der Waals surface area contributed by atoms with Gasteiger partial charge in [0, 0.05) is 37.2 Å². The molecule has 0 unspecified atom stereocenters. The van der Waals surface area contributed by atoms with E-state index in [1.165, 1.54) is 0 Å². The van der Waals surface area contributed by atoms with Gasteiger partial charge in [0.1, 0.15) is 5.69 Å². The summed E-state index contributed by atoms with van der Waals surface area (Å²) in [7, 11) is 4.08. The molecule has 0 fully saturated rings. The van der Waals surface area contributed by atoms with Crippen LogP contribution in [-0.2, 0) is 0 Å². The predicted octanol–water partition coefficient (Wildman–Crippen LogP) is 2.94. The highest BCUT2D eigenvalue weighted by Gasteiger charge is 2.10. The zero-order chi connectivity index (χ0) is 19.6. The number of rotatable bonds is 10. The molecule has 0 aliphatic rings. The van der Waals surface area contributed by atoms with Gasteiger partial charge < -0.3 is 20.4 Å². The van der Waals surface area contributed by atoms with Crippen LogP contribution in [0.15, 0.2) is 36.5 Å². The molecular weight excluding hydrogens is 340 g/mol. The summed E-state index contributed by atoms with van der Waals surface area (Å²) in [5, 5.41) is 6.05. The number of carbonyl (C=O) groups excluding carboxylic acids is 1. The fraction of sp³-hybridized carbons (Fsp3) is 0.450. The Morgan fingerprint density at radius 2 is 1.78 bits per heavy atom.